The Kier molecular flexibility index (Phi) is 3.70. The van der Waals surface area contributed by atoms with E-state index in [0.717, 1.165) is 28.1 Å². The van der Waals surface area contributed by atoms with Crippen LogP contribution in [0.1, 0.15) is 34.0 Å². The monoisotopic (exact) mass is 307 g/mol. The normalized spacial score (nSPS) is 12.1. The number of benzene rings is 1. The zero-order valence-electron chi connectivity index (χ0n) is 13.5. The number of aromatic nitrogens is 4. The van der Waals surface area contributed by atoms with Crippen molar-refractivity contribution in [2.45, 2.75) is 26.7 Å². The van der Waals surface area contributed by atoms with Gasteiger partial charge in [-0.05, 0) is 43.5 Å². The second-order valence-corrected chi connectivity index (χ2v) is 5.49. The van der Waals surface area contributed by atoms with Crippen LogP contribution < -0.4 is 4.74 Å². The topological polar surface area (TPSA) is 76.1 Å². The first-order chi connectivity index (χ1) is 11.1. The van der Waals surface area contributed by atoms with E-state index in [4.69, 9.17) is 4.74 Å². The highest BCUT2D eigenvalue weighted by atomic mass is 16.5. The molecule has 0 radical (unpaired) electrons. The fourth-order valence-electron chi connectivity index (χ4n) is 2.93. The first kappa shape index (κ1) is 15.0. The van der Waals surface area contributed by atoms with Crippen molar-refractivity contribution < 1.29 is 4.74 Å². The Balaban J connectivity index is 2.27. The predicted octanol–water partition coefficient (Wildman–Crippen LogP) is 2.71. The van der Waals surface area contributed by atoms with Crippen LogP contribution in [0.5, 0.6) is 5.75 Å². The molecule has 0 spiro atoms. The van der Waals surface area contributed by atoms with Crippen molar-refractivity contribution in [2.75, 3.05) is 7.11 Å². The molecule has 2 aromatic heterocycles. The van der Waals surface area contributed by atoms with Crippen LogP contribution >= 0.6 is 0 Å². The van der Waals surface area contributed by atoms with Crippen molar-refractivity contribution in [2.24, 2.45) is 0 Å². The highest BCUT2D eigenvalue weighted by Gasteiger charge is 2.25. The molecule has 1 unspecified atom stereocenters. The number of ether oxygens (including phenoxy) is 1. The average Bonchev–Trinajstić information content (AvgIpc) is 3.03. The maximum atomic E-state index is 9.82. The van der Waals surface area contributed by atoms with Crippen molar-refractivity contribution in [3.05, 3.63) is 52.7 Å². The summed E-state index contributed by atoms with van der Waals surface area (Å²) in [7, 11) is 1.63. The van der Waals surface area contributed by atoms with Crippen LogP contribution in [0.2, 0.25) is 0 Å². The third-order valence-electron chi connectivity index (χ3n) is 4.14. The van der Waals surface area contributed by atoms with Gasteiger partial charge in [0.25, 0.3) is 0 Å². The van der Waals surface area contributed by atoms with Gasteiger partial charge in [0.1, 0.15) is 23.7 Å². The summed E-state index contributed by atoms with van der Waals surface area (Å²) in [5, 5.41) is 17.9. The van der Waals surface area contributed by atoms with Crippen LogP contribution in [-0.4, -0.2) is 26.7 Å². The summed E-state index contributed by atoms with van der Waals surface area (Å²) in [6.07, 6.45) is 3.37. The van der Waals surface area contributed by atoms with E-state index in [1.54, 1.807) is 19.6 Å². The van der Waals surface area contributed by atoms with Crippen LogP contribution in [0.25, 0.3) is 5.65 Å². The minimum atomic E-state index is -0.530. The van der Waals surface area contributed by atoms with E-state index in [2.05, 4.69) is 21.3 Å². The number of aryl methyl sites for hydroxylation is 2. The molecule has 0 fully saturated rings. The van der Waals surface area contributed by atoms with Crippen LogP contribution in [0, 0.1) is 32.1 Å². The molecule has 116 valence electrons. The lowest BCUT2D eigenvalue weighted by atomic mass is 9.88. The SMILES string of the molecule is COc1ccc(C)c(C(C#N)c2ncc(C)n3cnnc23)c1C. The molecular weight excluding hydrogens is 290 g/mol. The van der Waals surface area contributed by atoms with Gasteiger partial charge in [0.05, 0.1) is 13.2 Å². The van der Waals surface area contributed by atoms with E-state index < -0.39 is 5.92 Å². The Morgan fingerprint density at radius 2 is 2.04 bits per heavy atom. The standard InChI is InChI=1S/C17H17N5O/c1-10-5-6-14(23-4)12(3)15(10)13(7-18)16-17-21-20-9-22(17)11(2)8-19-16/h5-6,8-9,13H,1-4H3. The Labute approximate surface area is 134 Å². The van der Waals surface area contributed by atoms with Crippen molar-refractivity contribution in [3.63, 3.8) is 0 Å². The number of hydrogen-bond donors (Lipinski definition) is 0. The maximum absolute atomic E-state index is 9.82. The Hall–Kier alpha value is -2.94. The van der Waals surface area contributed by atoms with Crippen LogP contribution in [0.4, 0.5) is 0 Å². The largest absolute Gasteiger partial charge is 0.496 e. The molecule has 0 N–H and O–H groups in total. The molecule has 0 aliphatic carbocycles. The molecule has 0 saturated carbocycles. The number of rotatable bonds is 3. The molecule has 0 aliphatic heterocycles. The summed E-state index contributed by atoms with van der Waals surface area (Å²) in [4.78, 5) is 4.48. The average molecular weight is 307 g/mol. The van der Waals surface area contributed by atoms with Crippen LogP contribution in [0.3, 0.4) is 0 Å². The Morgan fingerprint density at radius 3 is 2.74 bits per heavy atom. The zero-order valence-corrected chi connectivity index (χ0v) is 13.5. The number of nitriles is 1. The summed E-state index contributed by atoms with van der Waals surface area (Å²) in [5.74, 6) is 0.229. The molecule has 0 aliphatic rings. The third kappa shape index (κ3) is 2.30. The highest BCUT2D eigenvalue weighted by Crippen LogP contribution is 2.34. The lowest BCUT2D eigenvalue weighted by Gasteiger charge is -2.18. The van der Waals surface area contributed by atoms with Crippen molar-refractivity contribution >= 4 is 5.65 Å². The van der Waals surface area contributed by atoms with Crippen molar-refractivity contribution in [1.29, 1.82) is 5.26 Å². The molecule has 1 aromatic carbocycles. The molecule has 2 heterocycles. The van der Waals surface area contributed by atoms with E-state index in [1.807, 2.05) is 37.3 Å². The number of methoxy groups -OCH3 is 1. The first-order valence-corrected chi connectivity index (χ1v) is 7.27. The molecule has 0 bridgehead atoms. The summed E-state index contributed by atoms with van der Waals surface area (Å²) in [6, 6.07) is 6.24. The Morgan fingerprint density at radius 1 is 1.26 bits per heavy atom. The molecule has 6 heteroatoms. The van der Waals surface area contributed by atoms with Gasteiger partial charge in [-0.1, -0.05) is 6.07 Å². The summed E-state index contributed by atoms with van der Waals surface area (Å²) in [5.41, 5.74) is 5.01. The zero-order chi connectivity index (χ0) is 16.6. The van der Waals surface area contributed by atoms with Crippen LogP contribution in [-0.2, 0) is 0 Å². The first-order valence-electron chi connectivity index (χ1n) is 7.27. The second-order valence-electron chi connectivity index (χ2n) is 5.49. The molecule has 0 amide bonds. The van der Waals surface area contributed by atoms with Gasteiger partial charge in [-0.3, -0.25) is 9.38 Å². The third-order valence-corrected chi connectivity index (χ3v) is 4.14. The minimum Gasteiger partial charge on any atom is -0.496 e. The Bertz CT molecular complexity index is 923. The maximum Gasteiger partial charge on any atom is 0.184 e. The summed E-state index contributed by atoms with van der Waals surface area (Å²) in [6.45, 7) is 5.87. The fraction of sp³-hybridized carbons (Fsp3) is 0.294. The summed E-state index contributed by atoms with van der Waals surface area (Å²) >= 11 is 0. The van der Waals surface area contributed by atoms with E-state index in [0.29, 0.717) is 11.3 Å². The lowest BCUT2D eigenvalue weighted by Crippen LogP contribution is -2.09. The van der Waals surface area contributed by atoms with Gasteiger partial charge in [-0.25, -0.2) is 0 Å². The smallest absolute Gasteiger partial charge is 0.184 e. The van der Waals surface area contributed by atoms with Gasteiger partial charge in [0.2, 0.25) is 0 Å². The van der Waals surface area contributed by atoms with Crippen molar-refractivity contribution in [1.82, 2.24) is 19.6 Å². The van der Waals surface area contributed by atoms with E-state index >= 15 is 0 Å². The fourth-order valence-corrected chi connectivity index (χ4v) is 2.93. The van der Waals surface area contributed by atoms with Crippen LogP contribution in [0.15, 0.2) is 24.7 Å². The van der Waals surface area contributed by atoms with Gasteiger partial charge in [0, 0.05) is 11.9 Å². The van der Waals surface area contributed by atoms with Gasteiger partial charge >= 0.3 is 0 Å². The lowest BCUT2D eigenvalue weighted by molar-refractivity contribution is 0.411. The van der Waals surface area contributed by atoms with E-state index in [1.165, 1.54) is 0 Å². The van der Waals surface area contributed by atoms with Crippen molar-refractivity contribution in [3.8, 4) is 11.8 Å². The molecule has 3 aromatic rings. The van der Waals surface area contributed by atoms with E-state index in [-0.39, 0.29) is 0 Å². The molecule has 1 atom stereocenters. The molecule has 3 rings (SSSR count). The number of hydrogen-bond acceptors (Lipinski definition) is 5. The quantitative estimate of drug-likeness (QED) is 0.743. The molecule has 23 heavy (non-hydrogen) atoms. The van der Waals surface area contributed by atoms with Gasteiger partial charge in [-0.2, -0.15) is 5.26 Å². The van der Waals surface area contributed by atoms with E-state index in [9.17, 15) is 5.26 Å². The molecular formula is C17H17N5O. The van der Waals surface area contributed by atoms with Gasteiger partial charge in [0.15, 0.2) is 5.65 Å². The predicted molar refractivity (Wildman–Crippen MR) is 85.4 cm³/mol. The van der Waals surface area contributed by atoms with Gasteiger partial charge in [-0.15, -0.1) is 10.2 Å². The second kappa shape index (κ2) is 5.69. The minimum absolute atomic E-state index is 0.530. The van der Waals surface area contributed by atoms with Gasteiger partial charge < -0.3 is 4.74 Å². The molecule has 0 saturated heterocycles. The molecule has 6 nitrogen and oxygen atoms in total. The number of fused-ring (bicyclic) bond motifs is 1. The summed E-state index contributed by atoms with van der Waals surface area (Å²) < 4.78 is 7.24. The number of nitrogens with zero attached hydrogens (tertiary/aromatic N) is 5. The highest BCUT2D eigenvalue weighted by molar-refractivity contribution is 5.56.